The molecule has 156 valence electrons. The normalized spacial score (nSPS) is 14.8. The van der Waals surface area contributed by atoms with Crippen molar-refractivity contribution in [2.24, 2.45) is 0 Å². The molecular weight excluding hydrogens is 376 g/mol. The molecule has 0 bridgehead atoms. The van der Waals surface area contributed by atoms with E-state index in [1.807, 2.05) is 23.2 Å². The molecule has 0 aliphatic carbocycles. The van der Waals surface area contributed by atoms with Gasteiger partial charge in [-0.05, 0) is 59.5 Å². The molecule has 3 aromatic rings. The van der Waals surface area contributed by atoms with Gasteiger partial charge in [0.15, 0.2) is 5.82 Å². The molecule has 4 rings (SSSR count). The van der Waals surface area contributed by atoms with E-state index in [2.05, 4.69) is 66.0 Å². The zero-order chi connectivity index (χ0) is 21.1. The zero-order valence-corrected chi connectivity index (χ0v) is 17.8. The van der Waals surface area contributed by atoms with Crippen molar-refractivity contribution in [1.82, 2.24) is 30.6 Å². The smallest absolute Gasteiger partial charge is 0.265 e. The summed E-state index contributed by atoms with van der Waals surface area (Å²) in [6.07, 6.45) is 3.44. The molecule has 1 aromatic heterocycles. The molecule has 0 radical (unpaired) electrons. The average molecular weight is 405 g/mol. The molecule has 1 saturated heterocycles. The molecule has 1 aliphatic rings. The van der Waals surface area contributed by atoms with Crippen LogP contribution < -0.4 is 5.43 Å². The lowest BCUT2D eigenvalue weighted by atomic mass is 10.0. The number of amides is 1. The van der Waals surface area contributed by atoms with Gasteiger partial charge in [-0.2, -0.15) is 4.68 Å². The molecule has 0 atom stereocenters. The van der Waals surface area contributed by atoms with Crippen LogP contribution in [0, 0.1) is 6.92 Å². The quantitative estimate of drug-likeness (QED) is 0.698. The monoisotopic (exact) mass is 404 g/mol. The van der Waals surface area contributed by atoms with E-state index in [-0.39, 0.29) is 11.8 Å². The van der Waals surface area contributed by atoms with Crippen LogP contribution in [-0.2, 0) is 0 Å². The van der Waals surface area contributed by atoms with Gasteiger partial charge in [-0.15, -0.1) is 5.10 Å². The lowest BCUT2D eigenvalue weighted by Gasteiger charge is -2.27. The maximum absolute atomic E-state index is 13.1. The van der Waals surface area contributed by atoms with Crippen molar-refractivity contribution in [3.8, 4) is 16.8 Å². The lowest BCUT2D eigenvalue weighted by molar-refractivity contribution is 0.0750. The molecule has 0 spiro atoms. The zero-order valence-electron chi connectivity index (χ0n) is 17.8. The number of hydrazine groups is 1. The van der Waals surface area contributed by atoms with Crippen molar-refractivity contribution in [3.05, 3.63) is 59.4 Å². The van der Waals surface area contributed by atoms with Crippen LogP contribution in [0.5, 0.6) is 0 Å². The summed E-state index contributed by atoms with van der Waals surface area (Å²) in [7, 11) is 0. The van der Waals surface area contributed by atoms with E-state index in [1.54, 1.807) is 4.68 Å². The van der Waals surface area contributed by atoms with Crippen molar-refractivity contribution in [2.75, 3.05) is 13.1 Å². The fourth-order valence-corrected chi connectivity index (χ4v) is 3.73. The van der Waals surface area contributed by atoms with Crippen LogP contribution in [0.1, 0.15) is 60.8 Å². The number of rotatable bonds is 5. The third-order valence-corrected chi connectivity index (χ3v) is 5.44. The van der Waals surface area contributed by atoms with Gasteiger partial charge >= 0.3 is 0 Å². The third-order valence-electron chi connectivity index (χ3n) is 5.44. The minimum atomic E-state index is -0.105. The first-order chi connectivity index (χ1) is 14.5. The number of nitrogens with zero attached hydrogens (tertiary/aromatic N) is 5. The van der Waals surface area contributed by atoms with E-state index in [0.717, 1.165) is 48.6 Å². The Morgan fingerprint density at radius 3 is 2.43 bits per heavy atom. The van der Waals surface area contributed by atoms with E-state index in [9.17, 15) is 4.79 Å². The largest absolute Gasteiger partial charge is 0.285 e. The third kappa shape index (κ3) is 4.41. The van der Waals surface area contributed by atoms with Gasteiger partial charge in [-0.3, -0.25) is 10.2 Å². The lowest BCUT2D eigenvalue weighted by Crippen LogP contribution is -2.45. The van der Waals surface area contributed by atoms with Gasteiger partial charge in [0, 0.05) is 24.6 Å². The minimum absolute atomic E-state index is 0.105. The number of tetrazole rings is 1. The van der Waals surface area contributed by atoms with Crippen LogP contribution in [0.2, 0.25) is 0 Å². The molecule has 7 heteroatoms. The summed E-state index contributed by atoms with van der Waals surface area (Å²) < 4.78 is 1.72. The predicted molar refractivity (Wildman–Crippen MR) is 116 cm³/mol. The highest BCUT2D eigenvalue weighted by molar-refractivity contribution is 5.96. The van der Waals surface area contributed by atoms with Crippen LogP contribution >= 0.6 is 0 Å². The molecule has 2 heterocycles. The van der Waals surface area contributed by atoms with Gasteiger partial charge in [-0.1, -0.05) is 50.1 Å². The Kier molecular flexibility index (Phi) is 5.90. The van der Waals surface area contributed by atoms with E-state index in [1.165, 1.54) is 12.0 Å². The molecule has 1 fully saturated rings. The van der Waals surface area contributed by atoms with Gasteiger partial charge in [-0.25, -0.2) is 5.01 Å². The summed E-state index contributed by atoms with van der Waals surface area (Å²) in [6, 6.07) is 14.1. The van der Waals surface area contributed by atoms with Crippen LogP contribution in [0.3, 0.4) is 0 Å². The van der Waals surface area contributed by atoms with Crippen molar-refractivity contribution < 1.29 is 4.79 Å². The fraction of sp³-hybridized carbons (Fsp3) is 0.391. The fourth-order valence-electron chi connectivity index (χ4n) is 3.73. The summed E-state index contributed by atoms with van der Waals surface area (Å²) in [5.41, 5.74) is 7.65. The van der Waals surface area contributed by atoms with Crippen molar-refractivity contribution in [1.29, 1.82) is 0 Å². The molecule has 0 saturated carbocycles. The van der Waals surface area contributed by atoms with Crippen LogP contribution in [0.15, 0.2) is 42.5 Å². The van der Waals surface area contributed by atoms with E-state index in [4.69, 9.17) is 0 Å². The van der Waals surface area contributed by atoms with Crippen molar-refractivity contribution in [2.45, 2.75) is 46.0 Å². The number of hydrogen-bond acceptors (Lipinski definition) is 5. The summed E-state index contributed by atoms with van der Waals surface area (Å²) in [6.45, 7) is 7.95. The Bertz CT molecular complexity index is 1020. The number of carbonyl (C=O) groups is 1. The van der Waals surface area contributed by atoms with Gasteiger partial charge in [0.05, 0.1) is 5.69 Å². The Morgan fingerprint density at radius 2 is 1.73 bits per heavy atom. The molecule has 1 amide bonds. The van der Waals surface area contributed by atoms with Crippen LogP contribution in [-0.4, -0.2) is 44.2 Å². The second-order valence-electron chi connectivity index (χ2n) is 8.23. The number of benzene rings is 2. The SMILES string of the molecule is Cc1ccc(-c2cc(C(=O)NN3CCCCC3)cc(-n3nnnc3C(C)C)c2)cc1. The number of nitrogens with one attached hydrogen (secondary N) is 1. The van der Waals surface area contributed by atoms with E-state index < -0.39 is 0 Å². The maximum Gasteiger partial charge on any atom is 0.265 e. The van der Waals surface area contributed by atoms with Crippen molar-refractivity contribution >= 4 is 5.91 Å². The van der Waals surface area contributed by atoms with E-state index in [0.29, 0.717) is 5.56 Å². The molecular formula is C23H28N6O. The van der Waals surface area contributed by atoms with Gasteiger partial charge < -0.3 is 0 Å². The minimum Gasteiger partial charge on any atom is -0.285 e. The average Bonchev–Trinajstić information content (AvgIpc) is 3.25. The maximum atomic E-state index is 13.1. The second kappa shape index (κ2) is 8.75. The highest BCUT2D eigenvalue weighted by Gasteiger charge is 2.18. The Hall–Kier alpha value is -3.06. The number of hydrogen-bond donors (Lipinski definition) is 1. The summed E-state index contributed by atoms with van der Waals surface area (Å²) in [5.74, 6) is 0.818. The van der Waals surface area contributed by atoms with Gasteiger partial charge in [0.2, 0.25) is 0 Å². The Balaban J connectivity index is 1.74. The Labute approximate surface area is 177 Å². The summed E-state index contributed by atoms with van der Waals surface area (Å²) in [5, 5.41) is 14.2. The van der Waals surface area contributed by atoms with Gasteiger partial charge in [0.1, 0.15) is 0 Å². The summed E-state index contributed by atoms with van der Waals surface area (Å²) in [4.78, 5) is 13.1. The van der Waals surface area contributed by atoms with Crippen molar-refractivity contribution in [3.63, 3.8) is 0 Å². The molecule has 2 aromatic carbocycles. The van der Waals surface area contributed by atoms with E-state index >= 15 is 0 Å². The van der Waals surface area contributed by atoms with Gasteiger partial charge in [0.25, 0.3) is 5.91 Å². The molecule has 0 unspecified atom stereocenters. The molecule has 1 N–H and O–H groups in total. The predicted octanol–water partition coefficient (Wildman–Crippen LogP) is 3.89. The van der Waals surface area contributed by atoms with Crippen LogP contribution in [0.25, 0.3) is 16.8 Å². The number of aromatic nitrogens is 4. The second-order valence-corrected chi connectivity index (χ2v) is 8.23. The number of carbonyl (C=O) groups excluding carboxylic acids is 1. The highest BCUT2D eigenvalue weighted by Crippen LogP contribution is 2.26. The Morgan fingerprint density at radius 1 is 1.00 bits per heavy atom. The molecule has 30 heavy (non-hydrogen) atoms. The standard InChI is InChI=1S/C23H28N6O/c1-16(2)22-24-26-27-29(22)21-14-19(18-9-7-17(3)8-10-18)13-20(15-21)23(30)25-28-11-5-4-6-12-28/h7-10,13-16H,4-6,11-12H2,1-3H3,(H,25,30). The topological polar surface area (TPSA) is 75.9 Å². The highest BCUT2D eigenvalue weighted by atomic mass is 16.2. The first kappa shape index (κ1) is 20.2. The number of piperidine rings is 1. The molecule has 7 nitrogen and oxygen atoms in total. The summed E-state index contributed by atoms with van der Waals surface area (Å²) >= 11 is 0. The molecule has 1 aliphatic heterocycles. The first-order valence-corrected chi connectivity index (χ1v) is 10.6. The first-order valence-electron chi connectivity index (χ1n) is 10.6. The number of aryl methyl sites for hydroxylation is 1. The van der Waals surface area contributed by atoms with Crippen LogP contribution in [0.4, 0.5) is 0 Å².